The van der Waals surface area contributed by atoms with Crippen molar-refractivity contribution in [1.82, 2.24) is 4.90 Å². The summed E-state index contributed by atoms with van der Waals surface area (Å²) in [5, 5.41) is 8.70. The van der Waals surface area contributed by atoms with Gasteiger partial charge in [0.05, 0.1) is 0 Å². The van der Waals surface area contributed by atoms with Crippen molar-refractivity contribution in [3.8, 4) is 0 Å². The standard InChI is InChI=1S/C13H21BrN2O/c1-16(8-3-2-4-9-17)10-11-6-5-7-12(15)13(11)14/h5-7,17H,2-4,8-10,15H2,1H3. The number of hydrogen-bond acceptors (Lipinski definition) is 3. The monoisotopic (exact) mass is 300 g/mol. The highest BCUT2D eigenvalue weighted by Crippen LogP contribution is 2.24. The van der Waals surface area contributed by atoms with Gasteiger partial charge in [0.15, 0.2) is 0 Å². The van der Waals surface area contributed by atoms with Gasteiger partial charge < -0.3 is 15.7 Å². The van der Waals surface area contributed by atoms with E-state index in [0.717, 1.165) is 42.5 Å². The molecular weight excluding hydrogens is 280 g/mol. The van der Waals surface area contributed by atoms with E-state index < -0.39 is 0 Å². The lowest BCUT2D eigenvalue weighted by atomic mass is 10.2. The highest BCUT2D eigenvalue weighted by Gasteiger charge is 2.05. The second kappa shape index (κ2) is 7.69. The highest BCUT2D eigenvalue weighted by atomic mass is 79.9. The summed E-state index contributed by atoms with van der Waals surface area (Å²) in [7, 11) is 2.11. The number of rotatable bonds is 7. The molecule has 0 aromatic heterocycles. The number of halogens is 1. The zero-order valence-corrected chi connectivity index (χ0v) is 11.9. The summed E-state index contributed by atoms with van der Waals surface area (Å²) in [6, 6.07) is 5.97. The van der Waals surface area contributed by atoms with Crippen molar-refractivity contribution in [1.29, 1.82) is 0 Å². The van der Waals surface area contributed by atoms with Crippen LogP contribution in [0.2, 0.25) is 0 Å². The van der Waals surface area contributed by atoms with Crippen molar-refractivity contribution in [3.05, 3.63) is 28.2 Å². The van der Waals surface area contributed by atoms with Crippen molar-refractivity contribution < 1.29 is 5.11 Å². The molecule has 0 amide bonds. The summed E-state index contributed by atoms with van der Waals surface area (Å²) in [4.78, 5) is 2.27. The lowest BCUT2D eigenvalue weighted by Gasteiger charge is -2.18. The second-order valence-electron chi connectivity index (χ2n) is 4.34. The van der Waals surface area contributed by atoms with Crippen molar-refractivity contribution in [2.24, 2.45) is 0 Å². The predicted molar refractivity (Wildman–Crippen MR) is 75.8 cm³/mol. The summed E-state index contributed by atoms with van der Waals surface area (Å²) < 4.78 is 1.00. The molecule has 17 heavy (non-hydrogen) atoms. The molecule has 0 fully saturated rings. The fourth-order valence-electron chi connectivity index (χ4n) is 1.76. The number of benzene rings is 1. The Morgan fingerprint density at radius 3 is 2.76 bits per heavy atom. The average Bonchev–Trinajstić information content (AvgIpc) is 2.31. The average molecular weight is 301 g/mol. The number of aliphatic hydroxyl groups is 1. The van der Waals surface area contributed by atoms with Crippen LogP contribution in [-0.2, 0) is 6.54 Å². The van der Waals surface area contributed by atoms with Crippen LogP contribution >= 0.6 is 15.9 Å². The summed E-state index contributed by atoms with van der Waals surface area (Å²) in [5.74, 6) is 0. The molecule has 0 bridgehead atoms. The van der Waals surface area contributed by atoms with Crippen LogP contribution in [0.15, 0.2) is 22.7 Å². The van der Waals surface area contributed by atoms with E-state index in [4.69, 9.17) is 10.8 Å². The minimum Gasteiger partial charge on any atom is -0.398 e. The first-order chi connectivity index (χ1) is 8.15. The van der Waals surface area contributed by atoms with Gasteiger partial charge in [-0.1, -0.05) is 12.1 Å². The molecule has 0 aliphatic carbocycles. The first kappa shape index (κ1) is 14.5. The molecular formula is C13H21BrN2O. The molecule has 0 spiro atoms. The molecule has 0 heterocycles. The van der Waals surface area contributed by atoms with Gasteiger partial charge in [0.25, 0.3) is 0 Å². The van der Waals surface area contributed by atoms with Crippen LogP contribution in [0.3, 0.4) is 0 Å². The highest BCUT2D eigenvalue weighted by molar-refractivity contribution is 9.10. The van der Waals surface area contributed by atoms with E-state index in [1.807, 2.05) is 12.1 Å². The third-order valence-electron chi connectivity index (χ3n) is 2.75. The Hall–Kier alpha value is -0.580. The van der Waals surface area contributed by atoms with Gasteiger partial charge in [-0.2, -0.15) is 0 Å². The molecule has 3 nitrogen and oxygen atoms in total. The molecule has 0 unspecified atom stereocenters. The third kappa shape index (κ3) is 5.06. The Kier molecular flexibility index (Phi) is 6.55. The van der Waals surface area contributed by atoms with Crippen molar-refractivity contribution >= 4 is 21.6 Å². The first-order valence-corrected chi connectivity index (χ1v) is 6.76. The molecule has 1 aromatic rings. The number of nitrogens with two attached hydrogens (primary N) is 1. The molecule has 96 valence electrons. The maximum Gasteiger partial charge on any atom is 0.0461 e. The second-order valence-corrected chi connectivity index (χ2v) is 5.14. The zero-order chi connectivity index (χ0) is 12.7. The fraction of sp³-hybridized carbons (Fsp3) is 0.538. The molecule has 4 heteroatoms. The Morgan fingerprint density at radius 2 is 2.06 bits per heavy atom. The van der Waals surface area contributed by atoms with Gasteiger partial charge in [-0.25, -0.2) is 0 Å². The van der Waals surface area contributed by atoms with Crippen LogP contribution in [0.5, 0.6) is 0 Å². The number of anilines is 1. The van der Waals surface area contributed by atoms with Crippen LogP contribution in [0, 0.1) is 0 Å². The van der Waals surface area contributed by atoms with Gasteiger partial charge in [-0.3, -0.25) is 0 Å². The molecule has 0 saturated heterocycles. The smallest absolute Gasteiger partial charge is 0.0461 e. The Bertz CT molecular complexity index is 344. The largest absolute Gasteiger partial charge is 0.398 e. The Morgan fingerprint density at radius 1 is 1.29 bits per heavy atom. The molecule has 0 aliphatic heterocycles. The Balaban J connectivity index is 2.39. The van der Waals surface area contributed by atoms with Crippen LogP contribution in [-0.4, -0.2) is 30.2 Å². The number of nitrogen functional groups attached to an aromatic ring is 1. The van der Waals surface area contributed by atoms with E-state index in [-0.39, 0.29) is 0 Å². The molecule has 1 rings (SSSR count). The number of aliphatic hydroxyl groups excluding tert-OH is 1. The van der Waals surface area contributed by atoms with E-state index in [1.165, 1.54) is 5.56 Å². The predicted octanol–water partition coefficient (Wildman–Crippen LogP) is 2.63. The topological polar surface area (TPSA) is 49.5 Å². The van der Waals surface area contributed by atoms with Crippen LogP contribution in [0.4, 0.5) is 5.69 Å². The summed E-state index contributed by atoms with van der Waals surface area (Å²) in [5.41, 5.74) is 7.85. The number of hydrogen-bond donors (Lipinski definition) is 2. The molecule has 0 aliphatic rings. The van der Waals surface area contributed by atoms with E-state index in [2.05, 4.69) is 33.9 Å². The maximum absolute atomic E-state index is 8.70. The number of unbranched alkanes of at least 4 members (excludes halogenated alkanes) is 2. The third-order valence-corrected chi connectivity index (χ3v) is 3.71. The molecule has 0 atom stereocenters. The summed E-state index contributed by atoms with van der Waals surface area (Å²) in [6.07, 6.45) is 3.10. The SMILES string of the molecule is CN(CCCCCO)Cc1cccc(N)c1Br. The van der Waals surface area contributed by atoms with Crippen molar-refractivity contribution in [2.45, 2.75) is 25.8 Å². The van der Waals surface area contributed by atoms with Crippen LogP contribution in [0.1, 0.15) is 24.8 Å². The normalized spacial score (nSPS) is 11.1. The van der Waals surface area contributed by atoms with E-state index >= 15 is 0 Å². The molecule has 1 aromatic carbocycles. The van der Waals surface area contributed by atoms with E-state index in [9.17, 15) is 0 Å². The summed E-state index contributed by atoms with van der Waals surface area (Å²) in [6.45, 7) is 2.23. The number of nitrogens with zero attached hydrogens (tertiary/aromatic N) is 1. The molecule has 0 saturated carbocycles. The van der Waals surface area contributed by atoms with Gasteiger partial charge in [0, 0.05) is 23.3 Å². The van der Waals surface area contributed by atoms with Gasteiger partial charge >= 0.3 is 0 Å². The van der Waals surface area contributed by atoms with E-state index in [1.54, 1.807) is 0 Å². The maximum atomic E-state index is 8.70. The molecule has 3 N–H and O–H groups in total. The van der Waals surface area contributed by atoms with Gasteiger partial charge in [0.1, 0.15) is 0 Å². The lowest BCUT2D eigenvalue weighted by Crippen LogP contribution is -2.19. The summed E-state index contributed by atoms with van der Waals surface area (Å²) >= 11 is 3.52. The minimum absolute atomic E-state index is 0.296. The first-order valence-electron chi connectivity index (χ1n) is 5.97. The molecule has 0 radical (unpaired) electrons. The van der Waals surface area contributed by atoms with Gasteiger partial charge in [-0.15, -0.1) is 0 Å². The minimum atomic E-state index is 0.296. The van der Waals surface area contributed by atoms with Gasteiger partial charge in [-0.05, 0) is 60.4 Å². The fourth-order valence-corrected chi connectivity index (χ4v) is 2.15. The van der Waals surface area contributed by atoms with Crippen molar-refractivity contribution in [2.75, 3.05) is 25.9 Å². The quantitative estimate of drug-likeness (QED) is 0.601. The van der Waals surface area contributed by atoms with Crippen molar-refractivity contribution in [3.63, 3.8) is 0 Å². The van der Waals surface area contributed by atoms with Gasteiger partial charge in [0.2, 0.25) is 0 Å². The zero-order valence-electron chi connectivity index (χ0n) is 10.3. The van der Waals surface area contributed by atoms with Crippen LogP contribution < -0.4 is 5.73 Å². The van der Waals surface area contributed by atoms with E-state index in [0.29, 0.717) is 6.61 Å². The van der Waals surface area contributed by atoms with Crippen LogP contribution in [0.25, 0.3) is 0 Å². The lowest BCUT2D eigenvalue weighted by molar-refractivity contribution is 0.271. The Labute approximate surface area is 112 Å².